The fraction of sp³-hybridized carbons (Fsp3) is 0.0476. The maximum absolute atomic E-state index is 13.1. The molecule has 0 spiro atoms. The number of carbonyl (C=O) groups excluding carboxylic acids is 1. The monoisotopic (exact) mass is 372 g/mol. The number of nitrogens with zero attached hydrogens (tertiary/aromatic N) is 3. The summed E-state index contributed by atoms with van der Waals surface area (Å²) in [6.45, 7) is 0. The summed E-state index contributed by atoms with van der Waals surface area (Å²) in [5.41, 5.74) is 2.59. The number of anilines is 1. The van der Waals surface area contributed by atoms with Crippen LogP contribution in [0.2, 0.25) is 0 Å². The molecule has 0 aliphatic heterocycles. The number of rotatable bonds is 5. The molecule has 27 heavy (non-hydrogen) atoms. The molecular weight excluding hydrogens is 356 g/mol. The molecule has 4 rings (SSSR count). The summed E-state index contributed by atoms with van der Waals surface area (Å²) in [5.74, 6) is -0.564. The molecule has 6 heteroatoms. The largest absolute Gasteiger partial charge is 0.300 e. The number of pyridine rings is 1. The lowest BCUT2D eigenvalue weighted by molar-refractivity contribution is -0.116. The second-order valence-corrected chi connectivity index (χ2v) is 6.85. The Morgan fingerprint density at radius 3 is 2.04 bits per heavy atom. The zero-order valence-corrected chi connectivity index (χ0v) is 15.1. The summed E-state index contributed by atoms with van der Waals surface area (Å²) < 4.78 is 0. The summed E-state index contributed by atoms with van der Waals surface area (Å²) in [6.07, 6.45) is 1.70. The Labute approximate surface area is 160 Å². The number of hydrogen-bond donors (Lipinski definition) is 1. The van der Waals surface area contributed by atoms with Crippen LogP contribution in [-0.4, -0.2) is 21.1 Å². The van der Waals surface area contributed by atoms with Crippen LogP contribution in [0.25, 0.3) is 10.7 Å². The van der Waals surface area contributed by atoms with Gasteiger partial charge < -0.3 is 0 Å². The molecule has 0 unspecified atom stereocenters. The molecule has 0 atom stereocenters. The molecular formula is C21H16N4OS. The van der Waals surface area contributed by atoms with Gasteiger partial charge in [-0.05, 0) is 23.3 Å². The molecule has 5 nitrogen and oxygen atoms in total. The summed E-state index contributed by atoms with van der Waals surface area (Å²) in [4.78, 5) is 17.3. The SMILES string of the molecule is O=C(Nc1nnc(-c2ccccn2)s1)C(c1ccccc1)c1ccccc1. The molecule has 0 saturated carbocycles. The number of aromatic nitrogens is 3. The Balaban J connectivity index is 1.61. The maximum atomic E-state index is 13.1. The van der Waals surface area contributed by atoms with E-state index in [1.54, 1.807) is 6.20 Å². The van der Waals surface area contributed by atoms with Gasteiger partial charge in [0.15, 0.2) is 5.01 Å². The predicted molar refractivity (Wildman–Crippen MR) is 106 cm³/mol. The van der Waals surface area contributed by atoms with Gasteiger partial charge in [-0.1, -0.05) is 78.1 Å². The van der Waals surface area contributed by atoms with Crippen LogP contribution in [0, 0.1) is 0 Å². The fourth-order valence-corrected chi connectivity index (χ4v) is 3.55. The van der Waals surface area contributed by atoms with E-state index in [0.29, 0.717) is 10.1 Å². The Morgan fingerprint density at radius 1 is 0.815 bits per heavy atom. The van der Waals surface area contributed by atoms with E-state index in [1.165, 1.54) is 11.3 Å². The van der Waals surface area contributed by atoms with Crippen LogP contribution in [0.4, 0.5) is 5.13 Å². The summed E-state index contributed by atoms with van der Waals surface area (Å²) in [7, 11) is 0. The summed E-state index contributed by atoms with van der Waals surface area (Å²) in [6, 6.07) is 25.0. The molecule has 1 N–H and O–H groups in total. The minimum atomic E-state index is -0.422. The molecule has 132 valence electrons. The van der Waals surface area contributed by atoms with Crippen molar-refractivity contribution in [3.05, 3.63) is 96.2 Å². The lowest BCUT2D eigenvalue weighted by atomic mass is 9.90. The van der Waals surface area contributed by atoms with Crippen molar-refractivity contribution in [1.29, 1.82) is 0 Å². The Bertz CT molecular complexity index is 980. The van der Waals surface area contributed by atoms with E-state index in [0.717, 1.165) is 16.8 Å². The van der Waals surface area contributed by atoms with E-state index >= 15 is 0 Å². The zero-order valence-electron chi connectivity index (χ0n) is 14.3. The van der Waals surface area contributed by atoms with E-state index in [2.05, 4.69) is 20.5 Å². The Kier molecular flexibility index (Phi) is 4.98. The van der Waals surface area contributed by atoms with E-state index < -0.39 is 5.92 Å². The fourth-order valence-electron chi connectivity index (χ4n) is 2.83. The number of benzene rings is 2. The standard InChI is InChI=1S/C21H16N4OS/c26-19(23-21-25-24-20(27-21)17-13-7-8-14-22-17)18(15-9-3-1-4-10-15)16-11-5-2-6-12-16/h1-14,18H,(H,23,25,26). The molecule has 0 aliphatic rings. The highest BCUT2D eigenvalue weighted by Gasteiger charge is 2.23. The van der Waals surface area contributed by atoms with E-state index in [-0.39, 0.29) is 5.91 Å². The van der Waals surface area contributed by atoms with Gasteiger partial charge in [-0.3, -0.25) is 15.1 Å². The smallest absolute Gasteiger partial charge is 0.238 e. The summed E-state index contributed by atoms with van der Waals surface area (Å²) >= 11 is 1.31. The quantitative estimate of drug-likeness (QED) is 0.565. The van der Waals surface area contributed by atoms with Crippen molar-refractivity contribution >= 4 is 22.4 Å². The second kappa shape index (κ2) is 7.88. The first-order valence-electron chi connectivity index (χ1n) is 8.47. The van der Waals surface area contributed by atoms with Crippen LogP contribution in [0.3, 0.4) is 0 Å². The molecule has 2 heterocycles. The number of amides is 1. The molecule has 0 bridgehead atoms. The molecule has 1 amide bonds. The molecule has 0 radical (unpaired) electrons. The highest BCUT2D eigenvalue weighted by atomic mass is 32.1. The summed E-state index contributed by atoms with van der Waals surface area (Å²) in [5, 5.41) is 12.3. The van der Waals surface area contributed by atoms with Crippen molar-refractivity contribution in [2.45, 2.75) is 5.92 Å². The van der Waals surface area contributed by atoms with Crippen LogP contribution < -0.4 is 5.32 Å². The van der Waals surface area contributed by atoms with Gasteiger partial charge in [0.2, 0.25) is 11.0 Å². The minimum absolute atomic E-state index is 0.142. The first-order valence-corrected chi connectivity index (χ1v) is 9.28. The maximum Gasteiger partial charge on any atom is 0.238 e. The molecule has 2 aromatic carbocycles. The normalized spacial score (nSPS) is 10.7. The van der Waals surface area contributed by atoms with Gasteiger partial charge in [-0.2, -0.15) is 0 Å². The lowest BCUT2D eigenvalue weighted by Crippen LogP contribution is -2.22. The van der Waals surface area contributed by atoms with Gasteiger partial charge in [0.1, 0.15) is 5.69 Å². The van der Waals surface area contributed by atoms with Crippen molar-refractivity contribution in [2.75, 3.05) is 5.32 Å². The van der Waals surface area contributed by atoms with Gasteiger partial charge in [-0.25, -0.2) is 0 Å². The third-order valence-electron chi connectivity index (χ3n) is 4.07. The van der Waals surface area contributed by atoms with E-state index in [1.807, 2.05) is 78.9 Å². The molecule has 0 aliphatic carbocycles. The first-order chi connectivity index (χ1) is 13.3. The highest BCUT2D eigenvalue weighted by molar-refractivity contribution is 7.18. The molecule has 0 fully saturated rings. The molecule has 4 aromatic rings. The first kappa shape index (κ1) is 17.1. The van der Waals surface area contributed by atoms with Gasteiger partial charge in [0.25, 0.3) is 0 Å². The van der Waals surface area contributed by atoms with E-state index in [9.17, 15) is 4.79 Å². The number of nitrogens with one attached hydrogen (secondary N) is 1. The van der Waals surface area contributed by atoms with Gasteiger partial charge in [-0.15, -0.1) is 10.2 Å². The predicted octanol–water partition coefficient (Wildman–Crippen LogP) is 4.37. The van der Waals surface area contributed by atoms with Crippen LogP contribution in [0.1, 0.15) is 17.0 Å². The van der Waals surface area contributed by atoms with Gasteiger partial charge in [0, 0.05) is 6.20 Å². The van der Waals surface area contributed by atoms with Crippen LogP contribution in [-0.2, 0) is 4.79 Å². The number of carbonyl (C=O) groups is 1. The average Bonchev–Trinajstić information content (AvgIpc) is 3.19. The van der Waals surface area contributed by atoms with Gasteiger partial charge in [0.05, 0.1) is 5.92 Å². The van der Waals surface area contributed by atoms with Crippen molar-refractivity contribution in [3.63, 3.8) is 0 Å². The van der Waals surface area contributed by atoms with Gasteiger partial charge >= 0.3 is 0 Å². The van der Waals surface area contributed by atoms with Crippen molar-refractivity contribution in [2.24, 2.45) is 0 Å². The highest BCUT2D eigenvalue weighted by Crippen LogP contribution is 2.29. The molecule has 0 saturated heterocycles. The van der Waals surface area contributed by atoms with Crippen molar-refractivity contribution < 1.29 is 4.79 Å². The van der Waals surface area contributed by atoms with Crippen molar-refractivity contribution in [3.8, 4) is 10.7 Å². The van der Waals surface area contributed by atoms with E-state index in [4.69, 9.17) is 0 Å². The lowest BCUT2D eigenvalue weighted by Gasteiger charge is -2.16. The topological polar surface area (TPSA) is 67.8 Å². The second-order valence-electron chi connectivity index (χ2n) is 5.87. The molecule has 2 aromatic heterocycles. The third-order valence-corrected chi connectivity index (χ3v) is 4.93. The van der Waals surface area contributed by atoms with Crippen LogP contribution >= 0.6 is 11.3 Å². The van der Waals surface area contributed by atoms with Crippen LogP contribution in [0.5, 0.6) is 0 Å². The van der Waals surface area contributed by atoms with Crippen molar-refractivity contribution in [1.82, 2.24) is 15.2 Å². The third kappa shape index (κ3) is 3.91. The average molecular weight is 372 g/mol. The minimum Gasteiger partial charge on any atom is -0.300 e. The Morgan fingerprint density at radius 2 is 1.44 bits per heavy atom. The van der Waals surface area contributed by atoms with Crippen LogP contribution in [0.15, 0.2) is 85.1 Å². The zero-order chi connectivity index (χ0) is 18.5. The number of hydrogen-bond acceptors (Lipinski definition) is 5. The Hall–Kier alpha value is -3.38.